The van der Waals surface area contributed by atoms with E-state index in [1.54, 1.807) is 17.1 Å². The van der Waals surface area contributed by atoms with Gasteiger partial charge in [0.1, 0.15) is 5.00 Å². The van der Waals surface area contributed by atoms with Gasteiger partial charge in [0, 0.05) is 6.54 Å². The van der Waals surface area contributed by atoms with Gasteiger partial charge in [0.25, 0.3) is 5.19 Å². The number of aryl methyl sites for hydroxylation is 1. The zero-order valence-corrected chi connectivity index (χ0v) is 8.49. The molecule has 0 fully saturated rings. The molecule has 0 aliphatic heterocycles. The number of ether oxygens (including phenoxy) is 1. The lowest BCUT2D eigenvalue weighted by Crippen LogP contribution is -1.92. The van der Waals surface area contributed by atoms with Crippen molar-refractivity contribution in [2.24, 2.45) is 0 Å². The lowest BCUT2D eigenvalue weighted by atomic mass is 10.6. The Kier molecular flexibility index (Phi) is 2.36. The molecule has 0 radical (unpaired) electrons. The first-order valence-corrected chi connectivity index (χ1v) is 5.01. The molecule has 14 heavy (non-hydrogen) atoms. The van der Waals surface area contributed by atoms with Crippen LogP contribution in [0, 0.1) is 0 Å². The summed E-state index contributed by atoms with van der Waals surface area (Å²) in [4.78, 5) is 3.98. The predicted molar refractivity (Wildman–Crippen MR) is 54.5 cm³/mol. The molecule has 2 rings (SSSR count). The zero-order valence-electron chi connectivity index (χ0n) is 7.67. The van der Waals surface area contributed by atoms with Gasteiger partial charge in [0.2, 0.25) is 0 Å². The fourth-order valence-corrected chi connectivity index (χ4v) is 1.54. The van der Waals surface area contributed by atoms with Gasteiger partial charge in [-0.3, -0.25) is 4.68 Å². The molecular weight excluding hydrogens is 200 g/mol. The molecule has 0 aromatic carbocycles. The van der Waals surface area contributed by atoms with E-state index in [4.69, 9.17) is 10.5 Å². The van der Waals surface area contributed by atoms with Crippen LogP contribution in [0.4, 0.5) is 5.00 Å². The summed E-state index contributed by atoms with van der Waals surface area (Å²) >= 11 is 1.31. The molecule has 0 saturated carbocycles. The molecule has 0 saturated heterocycles. The van der Waals surface area contributed by atoms with Crippen LogP contribution in [0.2, 0.25) is 0 Å². The molecule has 2 heterocycles. The van der Waals surface area contributed by atoms with Crippen LogP contribution in [0.5, 0.6) is 10.9 Å². The molecule has 0 amide bonds. The van der Waals surface area contributed by atoms with Gasteiger partial charge in [-0.1, -0.05) is 11.3 Å². The smallest absolute Gasteiger partial charge is 0.280 e. The van der Waals surface area contributed by atoms with Crippen molar-refractivity contribution in [2.45, 2.75) is 13.5 Å². The summed E-state index contributed by atoms with van der Waals surface area (Å²) in [7, 11) is 0. The predicted octanol–water partition coefficient (Wildman–Crippen LogP) is 1.73. The molecule has 0 aliphatic rings. The number of thiazole rings is 1. The van der Waals surface area contributed by atoms with Crippen LogP contribution in [-0.4, -0.2) is 14.8 Å². The highest BCUT2D eigenvalue weighted by molar-refractivity contribution is 7.17. The van der Waals surface area contributed by atoms with Crippen LogP contribution in [-0.2, 0) is 6.54 Å². The van der Waals surface area contributed by atoms with E-state index in [0.29, 0.717) is 15.9 Å². The van der Waals surface area contributed by atoms with Gasteiger partial charge in [-0.05, 0) is 6.92 Å². The maximum Gasteiger partial charge on any atom is 0.280 e. The first-order valence-electron chi connectivity index (χ1n) is 4.19. The van der Waals surface area contributed by atoms with E-state index in [9.17, 15) is 0 Å². The number of aromatic nitrogens is 3. The van der Waals surface area contributed by atoms with Crippen LogP contribution < -0.4 is 10.5 Å². The Balaban J connectivity index is 2.10. The van der Waals surface area contributed by atoms with Gasteiger partial charge in [-0.25, -0.2) is 4.98 Å². The third kappa shape index (κ3) is 1.85. The van der Waals surface area contributed by atoms with E-state index in [1.165, 1.54) is 11.3 Å². The Morgan fingerprint density at radius 1 is 1.57 bits per heavy atom. The molecule has 0 atom stereocenters. The van der Waals surface area contributed by atoms with Gasteiger partial charge >= 0.3 is 0 Å². The van der Waals surface area contributed by atoms with Crippen molar-refractivity contribution >= 4 is 16.3 Å². The zero-order chi connectivity index (χ0) is 9.97. The minimum atomic E-state index is 0.540. The van der Waals surface area contributed by atoms with E-state index < -0.39 is 0 Å². The van der Waals surface area contributed by atoms with Crippen LogP contribution >= 0.6 is 11.3 Å². The number of nitrogens with zero attached hydrogens (tertiary/aromatic N) is 3. The number of rotatable bonds is 3. The third-order valence-corrected chi connectivity index (χ3v) is 2.35. The summed E-state index contributed by atoms with van der Waals surface area (Å²) in [5, 5.41) is 5.26. The third-order valence-electron chi connectivity index (χ3n) is 1.64. The van der Waals surface area contributed by atoms with E-state index in [2.05, 4.69) is 10.1 Å². The van der Waals surface area contributed by atoms with Gasteiger partial charge in [0.05, 0.1) is 18.6 Å². The average molecular weight is 210 g/mol. The van der Waals surface area contributed by atoms with Crippen LogP contribution in [0.1, 0.15) is 6.92 Å². The van der Waals surface area contributed by atoms with Crippen molar-refractivity contribution < 1.29 is 4.74 Å². The van der Waals surface area contributed by atoms with Crippen molar-refractivity contribution in [3.8, 4) is 10.9 Å². The second kappa shape index (κ2) is 3.67. The standard InChI is InChI=1S/C8H10N4OS/c1-2-12-5-6(3-11-12)13-8-10-4-7(9)14-8/h3-5H,2,9H2,1H3. The van der Waals surface area contributed by atoms with Crippen LogP contribution in [0.15, 0.2) is 18.6 Å². The summed E-state index contributed by atoms with van der Waals surface area (Å²) in [5.41, 5.74) is 5.52. The minimum absolute atomic E-state index is 0.540. The Morgan fingerprint density at radius 3 is 3.00 bits per heavy atom. The van der Waals surface area contributed by atoms with E-state index in [-0.39, 0.29) is 0 Å². The number of hydrogen-bond donors (Lipinski definition) is 1. The summed E-state index contributed by atoms with van der Waals surface area (Å²) in [6, 6.07) is 0. The summed E-state index contributed by atoms with van der Waals surface area (Å²) in [5.74, 6) is 0.682. The van der Waals surface area contributed by atoms with Gasteiger partial charge < -0.3 is 10.5 Å². The summed E-state index contributed by atoms with van der Waals surface area (Å²) < 4.78 is 7.21. The maximum absolute atomic E-state index is 5.52. The summed E-state index contributed by atoms with van der Waals surface area (Å²) in [6.45, 7) is 2.83. The monoisotopic (exact) mass is 210 g/mol. The van der Waals surface area contributed by atoms with Crippen molar-refractivity contribution in [3.05, 3.63) is 18.6 Å². The lowest BCUT2D eigenvalue weighted by molar-refractivity contribution is 0.477. The van der Waals surface area contributed by atoms with Crippen molar-refractivity contribution in [3.63, 3.8) is 0 Å². The molecular formula is C8H10N4OS. The molecule has 2 aromatic heterocycles. The largest absolute Gasteiger partial charge is 0.427 e. The topological polar surface area (TPSA) is 66.0 Å². The number of nitrogen functional groups attached to an aromatic ring is 1. The Bertz CT molecular complexity index is 422. The molecule has 0 bridgehead atoms. The fourth-order valence-electron chi connectivity index (χ4n) is 0.988. The van der Waals surface area contributed by atoms with E-state index in [1.807, 2.05) is 13.1 Å². The van der Waals surface area contributed by atoms with Crippen LogP contribution in [0.25, 0.3) is 0 Å². The van der Waals surface area contributed by atoms with Crippen LogP contribution in [0.3, 0.4) is 0 Å². The summed E-state index contributed by atoms with van der Waals surface area (Å²) in [6.07, 6.45) is 5.04. The first-order chi connectivity index (χ1) is 6.78. The van der Waals surface area contributed by atoms with Crippen molar-refractivity contribution in [1.82, 2.24) is 14.8 Å². The second-order valence-electron chi connectivity index (χ2n) is 2.66. The second-order valence-corrected chi connectivity index (χ2v) is 3.69. The number of hydrogen-bond acceptors (Lipinski definition) is 5. The van der Waals surface area contributed by atoms with E-state index in [0.717, 1.165) is 6.54 Å². The Labute approximate surface area is 85.1 Å². The van der Waals surface area contributed by atoms with E-state index >= 15 is 0 Å². The molecule has 74 valence electrons. The Morgan fingerprint density at radius 2 is 2.43 bits per heavy atom. The molecule has 5 nitrogen and oxygen atoms in total. The van der Waals surface area contributed by atoms with Crippen molar-refractivity contribution in [2.75, 3.05) is 5.73 Å². The average Bonchev–Trinajstić information content (AvgIpc) is 2.76. The number of nitrogens with two attached hydrogens (primary N) is 1. The first kappa shape index (κ1) is 9.01. The molecule has 2 aromatic rings. The molecule has 6 heteroatoms. The fraction of sp³-hybridized carbons (Fsp3) is 0.250. The molecule has 0 unspecified atom stereocenters. The highest BCUT2D eigenvalue weighted by atomic mass is 32.1. The highest BCUT2D eigenvalue weighted by Gasteiger charge is 2.03. The molecule has 0 spiro atoms. The van der Waals surface area contributed by atoms with Gasteiger partial charge in [0.15, 0.2) is 5.75 Å². The van der Waals surface area contributed by atoms with Gasteiger partial charge in [-0.15, -0.1) is 0 Å². The lowest BCUT2D eigenvalue weighted by Gasteiger charge is -1.95. The highest BCUT2D eigenvalue weighted by Crippen LogP contribution is 2.27. The molecule has 0 aliphatic carbocycles. The Hall–Kier alpha value is -1.56. The number of anilines is 1. The van der Waals surface area contributed by atoms with Crippen molar-refractivity contribution in [1.29, 1.82) is 0 Å². The SMILES string of the molecule is CCn1cc(Oc2ncc(N)s2)cn1. The molecule has 2 N–H and O–H groups in total. The normalized spacial score (nSPS) is 10.4. The quantitative estimate of drug-likeness (QED) is 0.837. The maximum atomic E-state index is 5.52. The minimum Gasteiger partial charge on any atom is -0.427 e. The van der Waals surface area contributed by atoms with Gasteiger partial charge in [-0.2, -0.15) is 5.10 Å².